The Balaban J connectivity index is 1.62. The minimum Gasteiger partial charge on any atom is -0.445 e. The second-order valence-corrected chi connectivity index (χ2v) is 13.1. The zero-order chi connectivity index (χ0) is 31.4. The van der Waals surface area contributed by atoms with Crippen LogP contribution in [-0.4, -0.2) is 59.8 Å². The fraction of sp³-hybridized carbons (Fsp3) is 0.424. The van der Waals surface area contributed by atoms with Crippen LogP contribution in [0.2, 0.25) is 0 Å². The van der Waals surface area contributed by atoms with Crippen molar-refractivity contribution >= 4 is 40.9 Å². The quantitative estimate of drug-likeness (QED) is 0.186. The summed E-state index contributed by atoms with van der Waals surface area (Å²) in [5, 5.41) is 2.83. The Hall–Kier alpha value is -2.40. The van der Waals surface area contributed by atoms with E-state index in [1.807, 2.05) is 105 Å². The van der Waals surface area contributed by atoms with Crippen LogP contribution in [0.5, 0.6) is 0 Å². The van der Waals surface area contributed by atoms with Crippen LogP contribution < -0.4 is 5.32 Å². The monoisotopic (exact) mass is 665 g/mol. The molecule has 0 saturated carbocycles. The molecule has 3 aromatic carbocycles. The highest BCUT2D eigenvalue weighted by Crippen LogP contribution is 2.30. The van der Waals surface area contributed by atoms with E-state index in [2.05, 4.69) is 5.32 Å². The Morgan fingerprint density at radius 1 is 0.795 bits per heavy atom. The third kappa shape index (κ3) is 11.5. The second kappa shape index (κ2) is 17.3. The molecular weight excluding hydrogens is 629 g/mol. The molecular formula is C33H38Cl3NO7. The average molecular weight is 667 g/mol. The first-order valence-corrected chi connectivity index (χ1v) is 15.5. The first kappa shape index (κ1) is 34.5. The Morgan fingerprint density at radius 2 is 1.30 bits per heavy atom. The number of hydrogen-bond donors (Lipinski definition) is 1. The highest BCUT2D eigenvalue weighted by atomic mass is 35.6. The number of ether oxygens (including phenoxy) is 6. The molecule has 44 heavy (non-hydrogen) atoms. The van der Waals surface area contributed by atoms with Crippen LogP contribution in [0.25, 0.3) is 0 Å². The SMILES string of the molecule is CC(C)O[C@H]1O[C@H](COCc2ccccc2)[C@@H](OCc2ccccc2)[C@H](OCc2ccccc2)[C@H]1NC(=O)OCC(Cl)(Cl)Cl. The van der Waals surface area contributed by atoms with Crippen molar-refractivity contribution in [3.8, 4) is 0 Å². The average Bonchev–Trinajstić information content (AvgIpc) is 3.00. The van der Waals surface area contributed by atoms with Crippen LogP contribution in [0, 0.1) is 0 Å². The molecule has 0 spiro atoms. The minimum atomic E-state index is -1.78. The minimum absolute atomic E-state index is 0.182. The van der Waals surface area contributed by atoms with Crippen molar-refractivity contribution in [2.75, 3.05) is 13.2 Å². The van der Waals surface area contributed by atoms with E-state index < -0.39 is 47.1 Å². The number of hydrogen-bond acceptors (Lipinski definition) is 7. The number of carbonyl (C=O) groups excluding carboxylic acids is 1. The maximum Gasteiger partial charge on any atom is 0.407 e. The van der Waals surface area contributed by atoms with E-state index in [9.17, 15) is 4.79 Å². The summed E-state index contributed by atoms with van der Waals surface area (Å²) < 4.78 is 35.3. The number of carbonyl (C=O) groups is 1. The Bertz CT molecular complexity index is 1250. The standard InChI is InChI=1S/C33H38Cl3NO7/c1-23(2)43-31-28(37-32(38)42-22-33(34,35)36)30(41-20-26-16-10-5-11-17-26)29(40-19-25-14-8-4-9-15-25)27(44-31)21-39-18-24-12-6-3-7-13-24/h3-17,23,27-31H,18-22H2,1-2H3,(H,37,38)/t27-,28-,29-,30-,31+/m1/s1. The van der Waals surface area contributed by atoms with E-state index in [-0.39, 0.29) is 25.9 Å². The van der Waals surface area contributed by atoms with Crippen molar-refractivity contribution in [1.82, 2.24) is 5.32 Å². The van der Waals surface area contributed by atoms with E-state index in [4.69, 9.17) is 63.2 Å². The fourth-order valence-electron chi connectivity index (χ4n) is 4.70. The van der Waals surface area contributed by atoms with Gasteiger partial charge >= 0.3 is 6.09 Å². The maximum absolute atomic E-state index is 13.0. The molecule has 11 heteroatoms. The molecule has 1 aliphatic heterocycles. The van der Waals surface area contributed by atoms with Gasteiger partial charge in [-0.3, -0.25) is 0 Å². The summed E-state index contributed by atoms with van der Waals surface area (Å²) in [7, 11) is 0. The van der Waals surface area contributed by atoms with E-state index in [1.165, 1.54) is 0 Å². The first-order chi connectivity index (χ1) is 21.2. The molecule has 0 aromatic heterocycles. The fourth-order valence-corrected chi connectivity index (χ4v) is 4.86. The number of nitrogens with one attached hydrogen (secondary N) is 1. The molecule has 4 rings (SSSR count). The molecule has 1 amide bonds. The van der Waals surface area contributed by atoms with Crippen LogP contribution >= 0.6 is 34.8 Å². The zero-order valence-corrected chi connectivity index (χ0v) is 26.9. The van der Waals surface area contributed by atoms with Crippen molar-refractivity contribution in [2.24, 2.45) is 0 Å². The molecule has 1 N–H and O–H groups in total. The van der Waals surface area contributed by atoms with Gasteiger partial charge in [-0.1, -0.05) is 126 Å². The van der Waals surface area contributed by atoms with Crippen molar-refractivity contribution in [3.05, 3.63) is 108 Å². The summed E-state index contributed by atoms with van der Waals surface area (Å²) >= 11 is 17.4. The number of halogens is 3. The summed E-state index contributed by atoms with van der Waals surface area (Å²) in [5.41, 5.74) is 2.93. The molecule has 1 aliphatic rings. The van der Waals surface area contributed by atoms with E-state index in [1.54, 1.807) is 0 Å². The van der Waals surface area contributed by atoms with Gasteiger partial charge in [0.1, 0.15) is 31.0 Å². The van der Waals surface area contributed by atoms with Gasteiger partial charge in [0.2, 0.25) is 3.79 Å². The summed E-state index contributed by atoms with van der Waals surface area (Å²) in [6, 6.07) is 28.5. The van der Waals surface area contributed by atoms with Gasteiger partial charge in [-0.2, -0.15) is 0 Å². The first-order valence-electron chi connectivity index (χ1n) is 14.4. The molecule has 0 bridgehead atoms. The number of amides is 1. The van der Waals surface area contributed by atoms with Crippen molar-refractivity contribution < 1.29 is 33.2 Å². The lowest BCUT2D eigenvalue weighted by atomic mass is 9.96. The Labute approximate surface area is 273 Å². The third-order valence-corrected chi connectivity index (χ3v) is 7.00. The number of alkyl carbamates (subject to hydrolysis) is 1. The van der Waals surface area contributed by atoms with Gasteiger partial charge in [0.05, 0.1) is 32.5 Å². The summed E-state index contributed by atoms with van der Waals surface area (Å²) in [6.07, 6.45) is -4.04. The lowest BCUT2D eigenvalue weighted by Gasteiger charge is -2.46. The van der Waals surface area contributed by atoms with Gasteiger partial charge in [0.15, 0.2) is 6.29 Å². The van der Waals surface area contributed by atoms with Crippen LogP contribution in [0.15, 0.2) is 91.0 Å². The molecule has 0 unspecified atom stereocenters. The van der Waals surface area contributed by atoms with Crippen molar-refractivity contribution in [3.63, 3.8) is 0 Å². The second-order valence-electron chi connectivity index (χ2n) is 10.6. The summed E-state index contributed by atoms with van der Waals surface area (Å²) in [4.78, 5) is 13.0. The van der Waals surface area contributed by atoms with Gasteiger partial charge in [-0.25, -0.2) is 4.79 Å². The largest absolute Gasteiger partial charge is 0.445 e. The Morgan fingerprint density at radius 3 is 1.80 bits per heavy atom. The van der Waals surface area contributed by atoms with Gasteiger partial charge in [0, 0.05) is 0 Å². The smallest absolute Gasteiger partial charge is 0.407 e. The van der Waals surface area contributed by atoms with Crippen molar-refractivity contribution in [2.45, 2.75) is 74.2 Å². The lowest BCUT2D eigenvalue weighted by Crippen LogP contribution is -2.66. The molecule has 0 radical (unpaired) electrons. The third-order valence-electron chi connectivity index (χ3n) is 6.67. The molecule has 8 nitrogen and oxygen atoms in total. The van der Waals surface area contributed by atoms with E-state index >= 15 is 0 Å². The Kier molecular flexibility index (Phi) is 13.6. The maximum atomic E-state index is 13.0. The highest BCUT2D eigenvalue weighted by Gasteiger charge is 2.49. The van der Waals surface area contributed by atoms with Crippen LogP contribution in [-0.2, 0) is 48.2 Å². The molecule has 3 aromatic rings. The molecule has 1 heterocycles. The molecule has 1 fully saturated rings. The van der Waals surface area contributed by atoms with Gasteiger partial charge < -0.3 is 33.7 Å². The predicted octanol–water partition coefficient (Wildman–Crippen LogP) is 6.99. The van der Waals surface area contributed by atoms with E-state index in [0.29, 0.717) is 6.61 Å². The summed E-state index contributed by atoms with van der Waals surface area (Å²) in [5.74, 6) is 0. The highest BCUT2D eigenvalue weighted by molar-refractivity contribution is 6.67. The van der Waals surface area contributed by atoms with E-state index in [0.717, 1.165) is 16.7 Å². The molecule has 238 valence electrons. The number of benzene rings is 3. The van der Waals surface area contributed by atoms with Gasteiger partial charge in [0.25, 0.3) is 0 Å². The van der Waals surface area contributed by atoms with Crippen molar-refractivity contribution in [1.29, 1.82) is 0 Å². The topological polar surface area (TPSA) is 84.5 Å². The normalized spacial score (nSPS) is 22.1. The van der Waals surface area contributed by atoms with Crippen LogP contribution in [0.4, 0.5) is 4.79 Å². The van der Waals surface area contributed by atoms with Gasteiger partial charge in [-0.15, -0.1) is 0 Å². The van der Waals surface area contributed by atoms with Crippen LogP contribution in [0.1, 0.15) is 30.5 Å². The molecule has 0 aliphatic carbocycles. The summed E-state index contributed by atoms with van der Waals surface area (Å²) in [6.45, 7) is 4.37. The zero-order valence-electron chi connectivity index (χ0n) is 24.7. The van der Waals surface area contributed by atoms with Crippen LogP contribution in [0.3, 0.4) is 0 Å². The number of rotatable bonds is 14. The molecule has 1 saturated heterocycles. The predicted molar refractivity (Wildman–Crippen MR) is 170 cm³/mol. The molecule has 5 atom stereocenters. The lowest BCUT2D eigenvalue weighted by molar-refractivity contribution is -0.297. The van der Waals surface area contributed by atoms with Gasteiger partial charge in [-0.05, 0) is 30.5 Å². The number of alkyl halides is 3.